The molecule has 33 heavy (non-hydrogen) atoms. The Hall–Kier alpha value is -3.59. The van der Waals surface area contributed by atoms with Crippen LogP contribution in [-0.4, -0.2) is 57.3 Å². The summed E-state index contributed by atoms with van der Waals surface area (Å²) in [6.07, 6.45) is 6.04. The number of rotatable bonds is 1. The van der Waals surface area contributed by atoms with Crippen molar-refractivity contribution in [3.05, 3.63) is 59.7 Å². The normalized spacial score (nSPS) is 17.2. The number of nitrogens with one attached hydrogen (secondary N) is 1. The molecule has 8 nitrogen and oxygen atoms in total. The van der Waals surface area contributed by atoms with E-state index in [0.717, 1.165) is 37.9 Å². The first-order chi connectivity index (χ1) is 16.1. The van der Waals surface area contributed by atoms with Crippen molar-refractivity contribution in [2.24, 2.45) is 0 Å². The smallest absolute Gasteiger partial charge is 0.260 e. The van der Waals surface area contributed by atoms with E-state index in [9.17, 15) is 4.79 Å². The molecule has 170 valence electrons. The summed E-state index contributed by atoms with van der Waals surface area (Å²) in [5, 5.41) is 11.0. The van der Waals surface area contributed by atoms with Crippen LogP contribution in [0.3, 0.4) is 0 Å². The predicted octanol–water partition coefficient (Wildman–Crippen LogP) is 3.62. The molecule has 0 saturated heterocycles. The first-order valence-electron chi connectivity index (χ1n) is 11.1. The Morgan fingerprint density at radius 3 is 2.91 bits per heavy atom. The maximum Gasteiger partial charge on any atom is 0.260 e. The molecule has 0 radical (unpaired) electrons. The highest BCUT2D eigenvalue weighted by Gasteiger charge is 2.21. The number of nitrogens with zero attached hydrogens (tertiary/aromatic N) is 5. The number of fused-ring (bicyclic) bond motifs is 5. The number of hydrogen-bond donors (Lipinski definition) is 1. The van der Waals surface area contributed by atoms with Gasteiger partial charge in [-0.05, 0) is 56.1 Å². The van der Waals surface area contributed by atoms with Crippen molar-refractivity contribution in [3.8, 4) is 17.3 Å². The van der Waals surface area contributed by atoms with Crippen LogP contribution >= 0.6 is 0 Å². The summed E-state index contributed by atoms with van der Waals surface area (Å²) in [7, 11) is 2.03. The molecule has 2 aromatic heterocycles. The third-order valence-electron chi connectivity index (χ3n) is 5.96. The van der Waals surface area contributed by atoms with Crippen LogP contribution in [0.4, 0.5) is 10.2 Å². The maximum absolute atomic E-state index is 15.1. The number of amides is 1. The van der Waals surface area contributed by atoms with Gasteiger partial charge in [-0.25, -0.2) is 9.37 Å². The van der Waals surface area contributed by atoms with E-state index in [4.69, 9.17) is 4.74 Å². The lowest BCUT2D eigenvalue weighted by Crippen LogP contribution is -2.24. The molecule has 5 rings (SSSR count). The molecule has 9 heteroatoms. The fraction of sp³-hybridized carbons (Fsp3) is 0.333. The summed E-state index contributed by atoms with van der Waals surface area (Å²) in [5.41, 5.74) is 2.18. The Kier molecular flexibility index (Phi) is 5.87. The number of aryl methyl sites for hydroxylation is 1. The van der Waals surface area contributed by atoms with Gasteiger partial charge in [0.25, 0.3) is 5.91 Å². The van der Waals surface area contributed by atoms with Crippen molar-refractivity contribution in [1.29, 1.82) is 0 Å². The second-order valence-corrected chi connectivity index (χ2v) is 8.34. The van der Waals surface area contributed by atoms with Crippen molar-refractivity contribution in [2.45, 2.75) is 25.8 Å². The molecule has 2 aliphatic rings. The lowest BCUT2D eigenvalue weighted by molar-refractivity contribution is 0.102. The second kappa shape index (κ2) is 9.11. The lowest BCUT2D eigenvalue weighted by atomic mass is 9.97. The molecular weight excluding hydrogens is 423 g/mol. The van der Waals surface area contributed by atoms with Gasteiger partial charge in [0.2, 0.25) is 0 Å². The number of benzene rings is 1. The highest BCUT2D eigenvalue weighted by atomic mass is 19.1. The molecule has 2 bridgehead atoms. The van der Waals surface area contributed by atoms with E-state index in [1.165, 1.54) is 6.07 Å². The first-order valence-corrected chi connectivity index (χ1v) is 11.1. The zero-order chi connectivity index (χ0) is 22.8. The van der Waals surface area contributed by atoms with Gasteiger partial charge in [0, 0.05) is 25.2 Å². The molecule has 0 saturated carbocycles. The molecule has 0 spiro atoms. The Morgan fingerprint density at radius 2 is 2.06 bits per heavy atom. The van der Waals surface area contributed by atoms with Gasteiger partial charge in [-0.3, -0.25) is 4.79 Å². The van der Waals surface area contributed by atoms with Crippen LogP contribution in [0.5, 0.6) is 5.75 Å². The number of carbonyl (C=O) groups excluding carboxylic acids is 1. The fourth-order valence-corrected chi connectivity index (χ4v) is 4.11. The van der Waals surface area contributed by atoms with Gasteiger partial charge in [-0.15, -0.1) is 10.2 Å². The summed E-state index contributed by atoms with van der Waals surface area (Å²) in [4.78, 5) is 19.8. The minimum Gasteiger partial charge on any atom is -0.493 e. The Labute approximate surface area is 191 Å². The number of ether oxygens (including phenoxy) is 1. The Balaban J connectivity index is 1.52. The summed E-state index contributed by atoms with van der Waals surface area (Å²) >= 11 is 0. The van der Waals surface area contributed by atoms with Crippen LogP contribution in [-0.2, 0) is 6.54 Å². The van der Waals surface area contributed by atoms with Crippen LogP contribution in [0.2, 0.25) is 0 Å². The van der Waals surface area contributed by atoms with Crippen molar-refractivity contribution >= 4 is 17.3 Å². The number of hydrogen-bond acceptors (Lipinski definition) is 6. The fourth-order valence-electron chi connectivity index (χ4n) is 4.11. The molecule has 0 unspecified atom stereocenters. The Morgan fingerprint density at radius 1 is 1.15 bits per heavy atom. The third kappa shape index (κ3) is 4.49. The molecule has 3 aromatic rings. The minimum atomic E-state index is -0.476. The zero-order valence-electron chi connectivity index (χ0n) is 18.4. The number of likely N-dealkylation sites (N-methyl/N-ethyl adjacent to an activating group) is 1. The van der Waals surface area contributed by atoms with Crippen molar-refractivity contribution in [1.82, 2.24) is 24.6 Å². The zero-order valence-corrected chi connectivity index (χ0v) is 18.4. The van der Waals surface area contributed by atoms with Crippen molar-refractivity contribution < 1.29 is 13.9 Å². The topological polar surface area (TPSA) is 85.2 Å². The second-order valence-electron chi connectivity index (χ2n) is 8.34. The lowest BCUT2D eigenvalue weighted by Gasteiger charge is -2.23. The van der Waals surface area contributed by atoms with Gasteiger partial charge in [0.15, 0.2) is 5.82 Å². The molecule has 0 atom stereocenters. The van der Waals surface area contributed by atoms with E-state index >= 15 is 4.39 Å². The van der Waals surface area contributed by atoms with E-state index in [0.29, 0.717) is 41.8 Å². The minimum absolute atomic E-state index is 0.150. The van der Waals surface area contributed by atoms with Crippen molar-refractivity contribution in [2.75, 3.05) is 32.1 Å². The van der Waals surface area contributed by atoms with Crippen LogP contribution < -0.4 is 10.1 Å². The highest BCUT2D eigenvalue weighted by Crippen LogP contribution is 2.31. The van der Waals surface area contributed by atoms with E-state index in [1.54, 1.807) is 24.5 Å². The van der Waals surface area contributed by atoms with Gasteiger partial charge in [-0.1, -0.05) is 12.1 Å². The molecule has 2 aliphatic heterocycles. The monoisotopic (exact) mass is 448 g/mol. The standard InChI is InChI=1S/C24H25FN6O2/c1-30-10-7-16(8-11-30)17-14-21-18(13-19(17)25)24(32)28-22-6-4-5-20(27-22)23-29-26-15-31(23)9-2-3-12-33-21/h4-7,13-15H,2-3,8-12H2,1H3,(H,27,28,32). The molecule has 0 fully saturated rings. The summed E-state index contributed by atoms with van der Waals surface area (Å²) in [6, 6.07) is 8.22. The summed E-state index contributed by atoms with van der Waals surface area (Å²) < 4.78 is 23.1. The van der Waals surface area contributed by atoms with Crippen LogP contribution in [0.25, 0.3) is 17.1 Å². The summed E-state index contributed by atoms with van der Waals surface area (Å²) in [6.45, 7) is 2.75. The highest BCUT2D eigenvalue weighted by molar-refractivity contribution is 6.06. The molecule has 1 N–H and O–H groups in total. The van der Waals surface area contributed by atoms with Crippen molar-refractivity contribution in [3.63, 3.8) is 0 Å². The average molecular weight is 449 g/mol. The number of anilines is 1. The molecule has 1 amide bonds. The number of pyridine rings is 1. The molecular formula is C24H25FN6O2. The predicted molar refractivity (Wildman–Crippen MR) is 122 cm³/mol. The average Bonchev–Trinajstić information content (AvgIpc) is 3.28. The largest absolute Gasteiger partial charge is 0.493 e. The van der Waals surface area contributed by atoms with Crippen LogP contribution in [0.1, 0.15) is 35.2 Å². The molecule has 4 heterocycles. The maximum atomic E-state index is 15.1. The SMILES string of the molecule is CN1CC=C(c2cc3c(cc2F)C(=O)Nc2cccc(n2)-c2nncn2CCCCO3)CC1. The number of carbonyl (C=O) groups is 1. The van der Waals surface area contributed by atoms with Gasteiger partial charge in [-0.2, -0.15) is 0 Å². The molecule has 1 aromatic carbocycles. The number of aromatic nitrogens is 4. The quantitative estimate of drug-likeness (QED) is 0.612. The Bertz CT molecular complexity index is 1220. The van der Waals surface area contributed by atoms with E-state index in [2.05, 4.69) is 25.4 Å². The first kappa shape index (κ1) is 21.3. The van der Waals surface area contributed by atoms with Gasteiger partial charge in [0.1, 0.15) is 29.4 Å². The van der Waals surface area contributed by atoms with Gasteiger partial charge >= 0.3 is 0 Å². The van der Waals surface area contributed by atoms with E-state index in [1.807, 2.05) is 23.8 Å². The van der Waals surface area contributed by atoms with E-state index < -0.39 is 11.7 Å². The van der Waals surface area contributed by atoms with Crippen LogP contribution in [0.15, 0.2) is 42.7 Å². The van der Waals surface area contributed by atoms with Gasteiger partial charge in [0.05, 0.1) is 12.2 Å². The van der Waals surface area contributed by atoms with Crippen LogP contribution in [0, 0.1) is 5.82 Å². The van der Waals surface area contributed by atoms with Gasteiger partial charge < -0.3 is 19.5 Å². The van der Waals surface area contributed by atoms with E-state index in [-0.39, 0.29) is 5.56 Å². The number of halogens is 1. The molecule has 0 aliphatic carbocycles. The summed E-state index contributed by atoms with van der Waals surface area (Å²) in [5.74, 6) is 0.446. The third-order valence-corrected chi connectivity index (χ3v) is 5.96.